The van der Waals surface area contributed by atoms with E-state index in [9.17, 15) is 4.79 Å². The topological polar surface area (TPSA) is 44.8 Å². The Morgan fingerprint density at radius 3 is 2.46 bits per heavy atom. The summed E-state index contributed by atoms with van der Waals surface area (Å²) in [5.41, 5.74) is 0.736. The minimum atomic E-state index is -0.281. The molecule has 134 valence electrons. The van der Waals surface area contributed by atoms with E-state index < -0.39 is 0 Å². The van der Waals surface area contributed by atoms with Crippen LogP contribution in [0, 0.1) is 23.7 Å². The van der Waals surface area contributed by atoms with Crippen molar-refractivity contribution in [1.29, 1.82) is 0 Å². The van der Waals surface area contributed by atoms with Crippen LogP contribution < -0.4 is 0 Å². The van der Waals surface area contributed by atoms with Gasteiger partial charge in [-0.15, -0.1) is 0 Å². The van der Waals surface area contributed by atoms with Gasteiger partial charge in [0.05, 0.1) is 23.7 Å². The first kappa shape index (κ1) is 18.0. The summed E-state index contributed by atoms with van der Waals surface area (Å²) in [6.45, 7) is 12.7. The quantitative estimate of drug-likeness (QED) is 0.580. The Kier molecular flexibility index (Phi) is 4.63. The zero-order valence-electron chi connectivity index (χ0n) is 15.9. The maximum Gasteiger partial charge on any atom is 0.490 e. The van der Waals surface area contributed by atoms with Gasteiger partial charge in [-0.1, -0.05) is 13.0 Å². The lowest BCUT2D eigenvalue weighted by Crippen LogP contribution is -2.41. The smallest absolute Gasteiger partial charge is 0.466 e. The monoisotopic (exact) mass is 334 g/mol. The third-order valence-electron chi connectivity index (χ3n) is 6.63. The molecule has 1 saturated heterocycles. The highest BCUT2D eigenvalue weighted by Crippen LogP contribution is 2.50. The summed E-state index contributed by atoms with van der Waals surface area (Å²) < 4.78 is 17.6. The number of carbonyl (C=O) groups excluding carboxylic acids is 1. The van der Waals surface area contributed by atoms with Gasteiger partial charge >= 0.3 is 13.1 Å². The molecule has 2 fully saturated rings. The molecule has 0 bridgehead atoms. The molecule has 4 atom stereocenters. The Morgan fingerprint density at radius 2 is 1.92 bits per heavy atom. The molecule has 3 unspecified atom stereocenters. The number of esters is 1. The number of hydrogen-bond acceptors (Lipinski definition) is 4. The van der Waals surface area contributed by atoms with E-state index in [1.165, 1.54) is 5.47 Å². The standard InChI is InChI=1S/C19H31BO4/c1-7-22-17(21)12(2)13-8-14-10-16(11-15(14)9-13)20-23-18(3,4)19(5,6)24-20/h10,12-15H,7-9,11H2,1-6H3/t12?,13?,14?,15-/m0/s1. The van der Waals surface area contributed by atoms with Crippen molar-refractivity contribution in [1.82, 2.24) is 0 Å². The van der Waals surface area contributed by atoms with E-state index in [0.717, 1.165) is 19.3 Å². The van der Waals surface area contributed by atoms with Crippen molar-refractivity contribution in [3.05, 3.63) is 11.5 Å². The molecule has 5 heteroatoms. The molecule has 0 aromatic carbocycles. The van der Waals surface area contributed by atoms with Crippen LogP contribution in [-0.2, 0) is 18.8 Å². The molecular formula is C19H31BO4. The lowest BCUT2D eigenvalue weighted by Gasteiger charge is -2.32. The summed E-state index contributed by atoms with van der Waals surface area (Å²) in [5.74, 6) is 1.58. The maximum absolute atomic E-state index is 12.0. The first-order valence-corrected chi connectivity index (χ1v) is 9.37. The number of carbonyl (C=O) groups is 1. The van der Waals surface area contributed by atoms with E-state index in [-0.39, 0.29) is 30.2 Å². The number of hydrogen-bond donors (Lipinski definition) is 0. The molecule has 24 heavy (non-hydrogen) atoms. The van der Waals surface area contributed by atoms with Gasteiger partial charge in [-0.05, 0) is 77.1 Å². The fraction of sp³-hybridized carbons (Fsp3) is 0.842. The lowest BCUT2D eigenvalue weighted by molar-refractivity contribution is -0.149. The molecule has 0 spiro atoms. The fourth-order valence-electron chi connectivity index (χ4n) is 4.33. The molecule has 2 aliphatic carbocycles. The van der Waals surface area contributed by atoms with Gasteiger partial charge in [0.1, 0.15) is 0 Å². The van der Waals surface area contributed by atoms with Gasteiger partial charge in [0.25, 0.3) is 0 Å². The number of ether oxygens (including phenoxy) is 1. The van der Waals surface area contributed by atoms with Crippen LogP contribution in [-0.4, -0.2) is 30.9 Å². The van der Waals surface area contributed by atoms with E-state index >= 15 is 0 Å². The Hall–Kier alpha value is -0.805. The Morgan fingerprint density at radius 1 is 1.29 bits per heavy atom. The highest BCUT2D eigenvalue weighted by Gasteiger charge is 2.54. The third kappa shape index (κ3) is 3.05. The van der Waals surface area contributed by atoms with Crippen molar-refractivity contribution in [2.45, 2.75) is 72.0 Å². The molecule has 3 rings (SSSR count). The van der Waals surface area contributed by atoms with Crippen LogP contribution >= 0.6 is 0 Å². The van der Waals surface area contributed by atoms with E-state index in [1.807, 2.05) is 13.8 Å². The van der Waals surface area contributed by atoms with Gasteiger partial charge in [-0.3, -0.25) is 4.79 Å². The molecule has 0 aromatic rings. The molecule has 4 nitrogen and oxygen atoms in total. The van der Waals surface area contributed by atoms with Gasteiger partial charge in [-0.2, -0.15) is 0 Å². The molecule has 1 heterocycles. The van der Waals surface area contributed by atoms with E-state index in [0.29, 0.717) is 24.4 Å². The van der Waals surface area contributed by atoms with Crippen molar-refractivity contribution >= 4 is 13.1 Å². The van der Waals surface area contributed by atoms with Crippen LogP contribution in [0.5, 0.6) is 0 Å². The summed E-state index contributed by atoms with van der Waals surface area (Å²) in [6, 6.07) is 0. The van der Waals surface area contributed by atoms with Crippen molar-refractivity contribution < 1.29 is 18.8 Å². The summed E-state index contributed by atoms with van der Waals surface area (Å²) in [5, 5.41) is 0. The molecular weight excluding hydrogens is 303 g/mol. The number of fused-ring (bicyclic) bond motifs is 1. The van der Waals surface area contributed by atoms with Gasteiger partial charge in [0.2, 0.25) is 0 Å². The minimum absolute atomic E-state index is 0.00393. The van der Waals surface area contributed by atoms with Gasteiger partial charge in [-0.25, -0.2) is 0 Å². The van der Waals surface area contributed by atoms with Crippen molar-refractivity contribution in [3.8, 4) is 0 Å². The molecule has 0 amide bonds. The highest BCUT2D eigenvalue weighted by atomic mass is 16.7. The molecule has 0 aromatic heterocycles. The minimum Gasteiger partial charge on any atom is -0.466 e. The van der Waals surface area contributed by atoms with Gasteiger partial charge in [0, 0.05) is 0 Å². The average Bonchev–Trinajstić information content (AvgIpc) is 3.08. The Balaban J connectivity index is 1.62. The maximum atomic E-state index is 12.0. The van der Waals surface area contributed by atoms with E-state index in [1.54, 1.807) is 0 Å². The zero-order chi connectivity index (χ0) is 17.7. The first-order valence-electron chi connectivity index (χ1n) is 9.37. The number of allylic oxidation sites excluding steroid dienone is 2. The zero-order valence-corrected chi connectivity index (χ0v) is 15.9. The normalized spacial score (nSPS) is 34.8. The van der Waals surface area contributed by atoms with Crippen LogP contribution in [0.4, 0.5) is 0 Å². The Labute approximate surface area is 146 Å². The summed E-state index contributed by atoms with van der Waals surface area (Å²) in [4.78, 5) is 12.0. The SMILES string of the molecule is CCOC(=O)C(C)C1CC2C=C(B3OC(C)(C)C(C)(C)O3)C[C@@H]2C1. The second-order valence-electron chi connectivity index (χ2n) is 8.73. The summed E-state index contributed by atoms with van der Waals surface area (Å²) >= 11 is 0. The van der Waals surface area contributed by atoms with Crippen LogP contribution in [0.25, 0.3) is 0 Å². The molecule has 3 aliphatic rings. The molecule has 1 saturated carbocycles. The third-order valence-corrected chi connectivity index (χ3v) is 6.63. The predicted molar refractivity (Wildman–Crippen MR) is 94.3 cm³/mol. The molecule has 1 aliphatic heterocycles. The summed E-state index contributed by atoms with van der Waals surface area (Å²) in [6.07, 6.45) is 5.58. The highest BCUT2D eigenvalue weighted by molar-refractivity contribution is 6.54. The van der Waals surface area contributed by atoms with Crippen molar-refractivity contribution in [2.24, 2.45) is 23.7 Å². The largest absolute Gasteiger partial charge is 0.490 e. The number of rotatable bonds is 4. The van der Waals surface area contributed by atoms with Gasteiger partial charge in [0.15, 0.2) is 0 Å². The fourth-order valence-corrected chi connectivity index (χ4v) is 4.33. The Bertz CT molecular complexity index is 523. The predicted octanol–water partition coefficient (Wildman–Crippen LogP) is 3.79. The van der Waals surface area contributed by atoms with Crippen molar-refractivity contribution in [3.63, 3.8) is 0 Å². The molecule has 0 N–H and O–H groups in total. The first-order chi connectivity index (χ1) is 11.1. The average molecular weight is 334 g/mol. The van der Waals surface area contributed by atoms with E-state index in [4.69, 9.17) is 14.0 Å². The van der Waals surface area contributed by atoms with Crippen molar-refractivity contribution in [2.75, 3.05) is 6.61 Å². The van der Waals surface area contributed by atoms with Gasteiger partial charge < -0.3 is 14.0 Å². The second kappa shape index (κ2) is 6.17. The summed E-state index contributed by atoms with van der Waals surface area (Å²) in [7, 11) is -0.207. The lowest BCUT2D eigenvalue weighted by atomic mass is 9.76. The van der Waals surface area contributed by atoms with Crippen LogP contribution in [0.15, 0.2) is 11.5 Å². The van der Waals surface area contributed by atoms with Crippen LogP contribution in [0.2, 0.25) is 0 Å². The van der Waals surface area contributed by atoms with E-state index in [2.05, 4.69) is 33.8 Å². The second-order valence-corrected chi connectivity index (χ2v) is 8.73. The van der Waals surface area contributed by atoms with Crippen LogP contribution in [0.3, 0.4) is 0 Å². The molecule has 0 radical (unpaired) electrons. The van der Waals surface area contributed by atoms with Crippen LogP contribution in [0.1, 0.15) is 60.8 Å².